The average molecular weight is 390 g/mol. The molecule has 0 fully saturated rings. The summed E-state index contributed by atoms with van der Waals surface area (Å²) in [6, 6.07) is 12.2. The van der Waals surface area contributed by atoms with Gasteiger partial charge in [0.15, 0.2) is 0 Å². The van der Waals surface area contributed by atoms with Gasteiger partial charge in [-0.25, -0.2) is 4.79 Å². The highest BCUT2D eigenvalue weighted by Gasteiger charge is 2.03. The number of anilines is 1. The van der Waals surface area contributed by atoms with Crippen LogP contribution in [0.2, 0.25) is 15.1 Å². The molecule has 3 nitrogen and oxygen atoms in total. The molecule has 0 radical (unpaired) electrons. The fourth-order valence-corrected chi connectivity index (χ4v) is 3.31. The van der Waals surface area contributed by atoms with Crippen LogP contribution in [0.3, 0.4) is 0 Å². The van der Waals surface area contributed by atoms with Crippen LogP contribution in [-0.4, -0.2) is 18.3 Å². The number of carbonyl (C=O) groups is 1. The van der Waals surface area contributed by atoms with Crippen molar-refractivity contribution in [3.05, 3.63) is 63.1 Å². The first-order chi connectivity index (χ1) is 11.0. The summed E-state index contributed by atoms with van der Waals surface area (Å²) in [6.45, 7) is 0.565. The molecule has 0 unspecified atom stereocenters. The number of carbonyl (C=O) groups excluding carboxylic acids is 1. The van der Waals surface area contributed by atoms with Gasteiger partial charge < -0.3 is 10.6 Å². The number of hydrogen-bond donors (Lipinski definition) is 2. The molecule has 0 spiro atoms. The molecule has 2 N–H and O–H groups in total. The van der Waals surface area contributed by atoms with Crippen LogP contribution in [-0.2, 0) is 5.75 Å². The Morgan fingerprint density at radius 1 is 1.00 bits per heavy atom. The number of urea groups is 1. The van der Waals surface area contributed by atoms with Crippen molar-refractivity contribution in [1.82, 2.24) is 5.32 Å². The van der Waals surface area contributed by atoms with Gasteiger partial charge in [-0.1, -0.05) is 40.9 Å². The lowest BCUT2D eigenvalue weighted by molar-refractivity contribution is 0.252. The van der Waals surface area contributed by atoms with Crippen LogP contribution in [0, 0.1) is 0 Å². The summed E-state index contributed by atoms with van der Waals surface area (Å²) in [5.41, 5.74) is 1.74. The van der Waals surface area contributed by atoms with E-state index in [4.69, 9.17) is 34.8 Å². The summed E-state index contributed by atoms with van der Waals surface area (Å²) in [5.74, 6) is 1.56. The highest BCUT2D eigenvalue weighted by Crippen LogP contribution is 2.24. The van der Waals surface area contributed by atoms with Crippen LogP contribution in [0.15, 0.2) is 42.5 Å². The van der Waals surface area contributed by atoms with Crippen molar-refractivity contribution >= 4 is 58.3 Å². The van der Waals surface area contributed by atoms with E-state index in [1.807, 2.05) is 12.1 Å². The van der Waals surface area contributed by atoms with Gasteiger partial charge >= 0.3 is 6.03 Å². The van der Waals surface area contributed by atoms with E-state index in [0.717, 1.165) is 17.1 Å². The Hall–Kier alpha value is -1.07. The van der Waals surface area contributed by atoms with Crippen molar-refractivity contribution in [2.45, 2.75) is 5.75 Å². The number of hydrogen-bond acceptors (Lipinski definition) is 2. The SMILES string of the molecule is O=C(NCCSCc1ccc(Cl)cc1Cl)Nc1ccc(Cl)cc1. The molecule has 2 aromatic rings. The molecule has 0 saturated heterocycles. The zero-order chi connectivity index (χ0) is 16.7. The quantitative estimate of drug-likeness (QED) is 0.622. The van der Waals surface area contributed by atoms with Gasteiger partial charge in [0.1, 0.15) is 0 Å². The second-order valence-electron chi connectivity index (χ2n) is 4.68. The lowest BCUT2D eigenvalue weighted by Crippen LogP contribution is -2.30. The first kappa shape index (κ1) is 18.3. The molecule has 0 atom stereocenters. The second-order valence-corrected chi connectivity index (χ2v) is 7.06. The molecule has 0 aliphatic rings. The highest BCUT2D eigenvalue weighted by atomic mass is 35.5. The monoisotopic (exact) mass is 388 g/mol. The second kappa shape index (κ2) is 9.28. The van der Waals surface area contributed by atoms with Crippen molar-refractivity contribution in [2.75, 3.05) is 17.6 Å². The minimum absolute atomic E-state index is 0.238. The van der Waals surface area contributed by atoms with Crippen LogP contribution in [0.5, 0.6) is 0 Å². The molecule has 2 amide bonds. The first-order valence-corrected chi connectivity index (χ1v) is 9.15. The molecule has 0 aliphatic carbocycles. The van der Waals surface area contributed by atoms with Crippen molar-refractivity contribution in [1.29, 1.82) is 0 Å². The number of amides is 2. The van der Waals surface area contributed by atoms with Crippen molar-refractivity contribution in [2.24, 2.45) is 0 Å². The third kappa shape index (κ3) is 6.51. The standard InChI is InChI=1S/C16H15Cl3N2OS/c17-12-3-5-14(6-4-12)21-16(22)20-7-8-23-10-11-1-2-13(18)9-15(11)19/h1-6,9H,7-8,10H2,(H2,20,21,22). The summed E-state index contributed by atoms with van der Waals surface area (Å²) >= 11 is 19.4. The Morgan fingerprint density at radius 2 is 1.70 bits per heavy atom. The number of halogens is 3. The van der Waals surface area contributed by atoms with Gasteiger partial charge in [0, 0.05) is 38.8 Å². The third-order valence-electron chi connectivity index (χ3n) is 2.91. The van der Waals surface area contributed by atoms with Gasteiger partial charge in [-0.05, 0) is 42.0 Å². The van der Waals surface area contributed by atoms with Gasteiger partial charge in [0.05, 0.1) is 0 Å². The zero-order valence-electron chi connectivity index (χ0n) is 12.1. The fraction of sp³-hybridized carbons (Fsp3) is 0.188. The van der Waals surface area contributed by atoms with E-state index in [1.165, 1.54) is 0 Å². The lowest BCUT2D eigenvalue weighted by atomic mass is 10.2. The largest absolute Gasteiger partial charge is 0.337 e. The zero-order valence-corrected chi connectivity index (χ0v) is 15.2. The summed E-state index contributed by atoms with van der Waals surface area (Å²) in [7, 11) is 0. The Morgan fingerprint density at radius 3 is 2.39 bits per heavy atom. The van der Waals surface area contributed by atoms with Gasteiger partial charge in [-0.3, -0.25) is 0 Å². The molecule has 2 rings (SSSR count). The van der Waals surface area contributed by atoms with Gasteiger partial charge in [-0.2, -0.15) is 11.8 Å². The van der Waals surface area contributed by atoms with E-state index in [-0.39, 0.29) is 6.03 Å². The Balaban J connectivity index is 1.65. The van der Waals surface area contributed by atoms with E-state index < -0.39 is 0 Å². The van der Waals surface area contributed by atoms with Crippen LogP contribution < -0.4 is 10.6 Å². The van der Waals surface area contributed by atoms with Crippen LogP contribution in [0.4, 0.5) is 10.5 Å². The Labute approximate surface area is 154 Å². The molecule has 0 aromatic heterocycles. The normalized spacial score (nSPS) is 10.4. The Kier molecular flexibility index (Phi) is 7.37. The molecule has 122 valence electrons. The minimum atomic E-state index is -0.238. The van der Waals surface area contributed by atoms with E-state index in [0.29, 0.717) is 27.3 Å². The number of rotatable bonds is 6. The number of benzene rings is 2. The summed E-state index contributed by atoms with van der Waals surface area (Å²) < 4.78 is 0. The van der Waals surface area contributed by atoms with E-state index in [1.54, 1.807) is 42.1 Å². The first-order valence-electron chi connectivity index (χ1n) is 6.86. The fourth-order valence-electron chi connectivity index (χ4n) is 1.77. The molecular formula is C16H15Cl3N2OS. The Bertz CT molecular complexity index is 665. The van der Waals surface area contributed by atoms with Gasteiger partial charge in [0.25, 0.3) is 0 Å². The van der Waals surface area contributed by atoms with Crippen molar-refractivity contribution in [3.63, 3.8) is 0 Å². The van der Waals surface area contributed by atoms with Gasteiger partial charge in [-0.15, -0.1) is 0 Å². The number of nitrogens with one attached hydrogen (secondary N) is 2. The molecule has 0 saturated carbocycles. The minimum Gasteiger partial charge on any atom is -0.337 e. The van der Waals surface area contributed by atoms with Crippen LogP contribution in [0.1, 0.15) is 5.56 Å². The molecule has 2 aromatic carbocycles. The summed E-state index contributed by atoms with van der Waals surface area (Å²) in [6.07, 6.45) is 0. The maximum absolute atomic E-state index is 11.7. The summed E-state index contributed by atoms with van der Waals surface area (Å²) in [5, 5.41) is 7.46. The van der Waals surface area contributed by atoms with Crippen molar-refractivity contribution < 1.29 is 4.79 Å². The molecule has 0 aliphatic heterocycles. The predicted octanol–water partition coefficient (Wildman–Crippen LogP) is 5.70. The molecule has 0 heterocycles. The average Bonchev–Trinajstić information content (AvgIpc) is 2.51. The van der Waals surface area contributed by atoms with Crippen molar-refractivity contribution in [3.8, 4) is 0 Å². The van der Waals surface area contributed by atoms with Gasteiger partial charge in [0.2, 0.25) is 0 Å². The number of thioether (sulfide) groups is 1. The highest BCUT2D eigenvalue weighted by molar-refractivity contribution is 7.98. The lowest BCUT2D eigenvalue weighted by Gasteiger charge is -2.08. The van der Waals surface area contributed by atoms with Crippen LogP contribution in [0.25, 0.3) is 0 Å². The maximum Gasteiger partial charge on any atom is 0.319 e. The topological polar surface area (TPSA) is 41.1 Å². The molecule has 0 bridgehead atoms. The predicted molar refractivity (Wildman–Crippen MR) is 101 cm³/mol. The molecule has 7 heteroatoms. The maximum atomic E-state index is 11.7. The smallest absolute Gasteiger partial charge is 0.319 e. The molecule has 23 heavy (non-hydrogen) atoms. The summed E-state index contributed by atoms with van der Waals surface area (Å²) in [4.78, 5) is 11.7. The third-order valence-corrected chi connectivity index (χ3v) is 4.75. The van der Waals surface area contributed by atoms with E-state index in [2.05, 4.69) is 10.6 Å². The molecular weight excluding hydrogens is 375 g/mol. The van der Waals surface area contributed by atoms with E-state index in [9.17, 15) is 4.79 Å². The van der Waals surface area contributed by atoms with E-state index >= 15 is 0 Å². The van der Waals surface area contributed by atoms with Crippen LogP contribution >= 0.6 is 46.6 Å².